The minimum atomic E-state index is 0.0560. The fourth-order valence-corrected chi connectivity index (χ4v) is 3.22. The molecule has 0 bridgehead atoms. The van der Waals surface area contributed by atoms with E-state index in [1.54, 1.807) is 6.20 Å². The van der Waals surface area contributed by atoms with Crippen LogP contribution >= 0.6 is 0 Å². The van der Waals surface area contributed by atoms with E-state index >= 15 is 0 Å². The molecular formula is C21H28N6O. The van der Waals surface area contributed by atoms with Gasteiger partial charge in [-0.15, -0.1) is 0 Å². The quantitative estimate of drug-likeness (QED) is 0.529. The lowest BCUT2D eigenvalue weighted by atomic mass is 9.90. The van der Waals surface area contributed by atoms with Crippen LogP contribution in [0.25, 0.3) is 0 Å². The number of carbonyl (C=O) groups is 1. The van der Waals surface area contributed by atoms with E-state index in [1.807, 2.05) is 56.3 Å². The van der Waals surface area contributed by atoms with E-state index in [2.05, 4.69) is 27.0 Å². The fourth-order valence-electron chi connectivity index (χ4n) is 3.22. The zero-order valence-electron chi connectivity index (χ0n) is 16.7. The Labute approximate surface area is 166 Å². The highest BCUT2D eigenvalue weighted by Crippen LogP contribution is 2.31. The predicted molar refractivity (Wildman–Crippen MR) is 114 cm³/mol. The van der Waals surface area contributed by atoms with Gasteiger partial charge in [0.15, 0.2) is 5.96 Å². The molecule has 1 unspecified atom stereocenters. The molecule has 1 aromatic heterocycles. The summed E-state index contributed by atoms with van der Waals surface area (Å²) in [5.41, 5.74) is 3.16. The maximum Gasteiger partial charge on any atom is 0.225 e. The molecule has 1 aliphatic rings. The van der Waals surface area contributed by atoms with Crippen molar-refractivity contribution in [3.63, 3.8) is 0 Å². The molecular weight excluding hydrogens is 352 g/mol. The van der Waals surface area contributed by atoms with Crippen molar-refractivity contribution in [2.45, 2.75) is 25.8 Å². The maximum atomic E-state index is 12.0. The first-order chi connectivity index (χ1) is 13.6. The summed E-state index contributed by atoms with van der Waals surface area (Å²) in [6.07, 6.45) is 2.28. The zero-order valence-corrected chi connectivity index (χ0v) is 16.7. The van der Waals surface area contributed by atoms with E-state index in [-0.39, 0.29) is 11.8 Å². The molecule has 0 saturated heterocycles. The average Bonchev–Trinajstić information content (AvgIpc) is 2.70. The highest BCUT2D eigenvalue weighted by molar-refractivity contribution is 5.94. The number of nitrogens with zero attached hydrogens (tertiary/aromatic N) is 3. The molecule has 148 valence electrons. The van der Waals surface area contributed by atoms with Gasteiger partial charge in [-0.05, 0) is 36.2 Å². The molecule has 1 atom stereocenters. The summed E-state index contributed by atoms with van der Waals surface area (Å²) in [6.45, 7) is 4.01. The van der Waals surface area contributed by atoms with Gasteiger partial charge < -0.3 is 20.9 Å². The van der Waals surface area contributed by atoms with E-state index in [0.717, 1.165) is 35.1 Å². The third-order valence-electron chi connectivity index (χ3n) is 4.65. The first-order valence-corrected chi connectivity index (χ1v) is 9.60. The standard InChI is InChI=1S/C21H28N6O/c1-4-22-21(24-13-15-9-10-23-19(11-15)27(2)3)25-14-16-12-20(28)26-18-8-6-5-7-17(16)18/h5-11,16H,4,12-14H2,1-3H3,(H,26,28)(H2,22,24,25). The molecule has 2 aromatic rings. The smallest absolute Gasteiger partial charge is 0.225 e. The number of anilines is 2. The molecule has 2 heterocycles. The van der Waals surface area contributed by atoms with Gasteiger partial charge in [-0.2, -0.15) is 0 Å². The number of rotatable bonds is 6. The lowest BCUT2D eigenvalue weighted by Crippen LogP contribution is -2.40. The van der Waals surface area contributed by atoms with Crippen LogP contribution in [0.2, 0.25) is 0 Å². The van der Waals surface area contributed by atoms with Crippen molar-refractivity contribution in [3.05, 3.63) is 53.7 Å². The Morgan fingerprint density at radius 3 is 2.89 bits per heavy atom. The van der Waals surface area contributed by atoms with Gasteiger partial charge in [-0.1, -0.05) is 18.2 Å². The van der Waals surface area contributed by atoms with Crippen LogP contribution in [0.1, 0.15) is 30.4 Å². The van der Waals surface area contributed by atoms with Gasteiger partial charge >= 0.3 is 0 Å². The largest absolute Gasteiger partial charge is 0.363 e. The number of pyridine rings is 1. The molecule has 0 saturated carbocycles. The number of hydrogen-bond acceptors (Lipinski definition) is 4. The Bertz CT molecular complexity index is 848. The summed E-state index contributed by atoms with van der Waals surface area (Å²) < 4.78 is 0. The van der Waals surface area contributed by atoms with E-state index in [0.29, 0.717) is 19.5 Å². The van der Waals surface area contributed by atoms with Gasteiger partial charge in [0.1, 0.15) is 5.82 Å². The second kappa shape index (κ2) is 9.21. The first kappa shape index (κ1) is 19.7. The molecule has 0 spiro atoms. The summed E-state index contributed by atoms with van der Waals surface area (Å²) in [7, 11) is 3.94. The van der Waals surface area contributed by atoms with Gasteiger partial charge in [-0.3, -0.25) is 4.79 Å². The van der Waals surface area contributed by atoms with Crippen molar-refractivity contribution in [1.29, 1.82) is 0 Å². The molecule has 0 radical (unpaired) electrons. The van der Waals surface area contributed by atoms with Gasteiger partial charge in [0.25, 0.3) is 0 Å². The van der Waals surface area contributed by atoms with Crippen LogP contribution in [0.4, 0.5) is 11.5 Å². The normalized spacial score (nSPS) is 16.2. The molecule has 1 aromatic carbocycles. The number of amides is 1. The maximum absolute atomic E-state index is 12.0. The summed E-state index contributed by atoms with van der Waals surface area (Å²) in [6, 6.07) is 12.0. The monoisotopic (exact) mass is 380 g/mol. The Morgan fingerprint density at radius 2 is 2.11 bits per heavy atom. The molecule has 7 nitrogen and oxygen atoms in total. The minimum Gasteiger partial charge on any atom is -0.363 e. The second-order valence-corrected chi connectivity index (χ2v) is 7.03. The Morgan fingerprint density at radius 1 is 1.29 bits per heavy atom. The van der Waals surface area contributed by atoms with Crippen molar-refractivity contribution in [2.75, 3.05) is 37.4 Å². The second-order valence-electron chi connectivity index (χ2n) is 7.03. The number of benzene rings is 1. The average molecular weight is 380 g/mol. The lowest BCUT2D eigenvalue weighted by molar-refractivity contribution is -0.116. The van der Waals surface area contributed by atoms with E-state index in [4.69, 9.17) is 4.99 Å². The number of hydrogen-bond donors (Lipinski definition) is 3. The van der Waals surface area contributed by atoms with Crippen molar-refractivity contribution in [2.24, 2.45) is 4.99 Å². The highest BCUT2D eigenvalue weighted by Gasteiger charge is 2.24. The van der Waals surface area contributed by atoms with Crippen LogP contribution in [0, 0.1) is 0 Å². The molecule has 3 N–H and O–H groups in total. The van der Waals surface area contributed by atoms with Crippen molar-refractivity contribution >= 4 is 23.4 Å². The van der Waals surface area contributed by atoms with Crippen LogP contribution in [0.15, 0.2) is 47.6 Å². The van der Waals surface area contributed by atoms with Crippen LogP contribution in [0.3, 0.4) is 0 Å². The van der Waals surface area contributed by atoms with Gasteiger partial charge in [0.2, 0.25) is 5.91 Å². The molecule has 7 heteroatoms. The highest BCUT2D eigenvalue weighted by atomic mass is 16.1. The molecule has 28 heavy (non-hydrogen) atoms. The molecule has 3 rings (SSSR count). The number of nitrogens with one attached hydrogen (secondary N) is 3. The van der Waals surface area contributed by atoms with Gasteiger partial charge in [0.05, 0.1) is 6.54 Å². The van der Waals surface area contributed by atoms with Crippen LogP contribution in [-0.4, -0.2) is 44.0 Å². The minimum absolute atomic E-state index is 0.0560. The van der Waals surface area contributed by atoms with E-state index < -0.39 is 0 Å². The summed E-state index contributed by atoms with van der Waals surface area (Å²) >= 11 is 0. The van der Waals surface area contributed by atoms with Gasteiger partial charge in [0, 0.05) is 51.4 Å². The fraction of sp³-hybridized carbons (Fsp3) is 0.381. The summed E-state index contributed by atoms with van der Waals surface area (Å²) in [5.74, 6) is 1.83. The molecule has 1 amide bonds. The predicted octanol–water partition coefficient (Wildman–Crippen LogP) is 2.33. The number of para-hydroxylation sites is 1. The Hall–Kier alpha value is -3.09. The summed E-state index contributed by atoms with van der Waals surface area (Å²) in [5, 5.41) is 9.61. The third kappa shape index (κ3) is 5.00. The summed E-state index contributed by atoms with van der Waals surface area (Å²) in [4.78, 5) is 23.0. The Balaban J connectivity index is 1.67. The third-order valence-corrected chi connectivity index (χ3v) is 4.65. The number of guanidine groups is 1. The van der Waals surface area contributed by atoms with Crippen LogP contribution in [-0.2, 0) is 11.3 Å². The molecule has 1 aliphatic heterocycles. The first-order valence-electron chi connectivity index (χ1n) is 9.60. The number of aromatic nitrogens is 1. The molecule has 0 fully saturated rings. The van der Waals surface area contributed by atoms with Gasteiger partial charge in [-0.25, -0.2) is 9.98 Å². The van der Waals surface area contributed by atoms with Crippen LogP contribution in [0.5, 0.6) is 0 Å². The van der Waals surface area contributed by atoms with E-state index in [9.17, 15) is 4.79 Å². The van der Waals surface area contributed by atoms with Crippen molar-refractivity contribution in [1.82, 2.24) is 15.6 Å². The number of fused-ring (bicyclic) bond motifs is 1. The van der Waals surface area contributed by atoms with Crippen molar-refractivity contribution in [3.8, 4) is 0 Å². The number of carbonyl (C=O) groups excluding carboxylic acids is 1. The SMILES string of the molecule is CCNC(=NCc1ccnc(N(C)C)c1)NCC1CC(=O)Nc2ccccc21. The number of aliphatic imine (C=N–C) groups is 1. The van der Waals surface area contributed by atoms with E-state index in [1.165, 1.54) is 0 Å². The molecule has 0 aliphatic carbocycles. The lowest BCUT2D eigenvalue weighted by Gasteiger charge is -2.26. The topological polar surface area (TPSA) is 81.7 Å². The zero-order chi connectivity index (χ0) is 19.9. The van der Waals surface area contributed by atoms with Crippen molar-refractivity contribution < 1.29 is 4.79 Å². The Kier molecular flexibility index (Phi) is 6.47. The van der Waals surface area contributed by atoms with Crippen LogP contribution < -0.4 is 20.9 Å².